The van der Waals surface area contributed by atoms with Gasteiger partial charge in [0, 0.05) is 11.8 Å². The van der Waals surface area contributed by atoms with Gasteiger partial charge in [-0.2, -0.15) is 5.26 Å². The van der Waals surface area contributed by atoms with Crippen LogP contribution in [-0.2, 0) is 4.79 Å². The molecule has 0 spiro atoms. The maximum atomic E-state index is 12.3. The van der Waals surface area contributed by atoms with E-state index in [-0.39, 0.29) is 5.57 Å². The van der Waals surface area contributed by atoms with Crippen molar-refractivity contribution in [1.82, 2.24) is 0 Å². The first kappa shape index (κ1) is 17.9. The number of amides is 1. The molecule has 24 heavy (non-hydrogen) atoms. The molecule has 2 aromatic carbocycles. The van der Waals surface area contributed by atoms with Gasteiger partial charge in [-0.3, -0.25) is 4.79 Å². The average molecular weight is 361 g/mol. The first-order valence-corrected chi connectivity index (χ1v) is 7.90. The molecule has 0 aliphatic carbocycles. The van der Waals surface area contributed by atoms with Gasteiger partial charge in [0.1, 0.15) is 17.4 Å². The number of ether oxygens (including phenoxy) is 1. The highest BCUT2D eigenvalue weighted by molar-refractivity contribution is 6.42. The van der Waals surface area contributed by atoms with Crippen molar-refractivity contribution < 1.29 is 9.53 Å². The molecule has 0 saturated heterocycles. The van der Waals surface area contributed by atoms with E-state index < -0.39 is 5.91 Å². The van der Waals surface area contributed by atoms with Gasteiger partial charge < -0.3 is 10.1 Å². The highest BCUT2D eigenvalue weighted by Gasteiger charge is 2.10. The van der Waals surface area contributed by atoms with E-state index in [0.29, 0.717) is 33.7 Å². The van der Waals surface area contributed by atoms with Gasteiger partial charge in [-0.15, -0.1) is 0 Å². The molecule has 0 aromatic heterocycles. The van der Waals surface area contributed by atoms with Crippen LogP contribution in [-0.4, -0.2) is 12.5 Å². The number of hydrogen-bond donors (Lipinski definition) is 1. The van der Waals surface area contributed by atoms with Gasteiger partial charge in [0.05, 0.1) is 16.7 Å². The predicted molar refractivity (Wildman–Crippen MR) is 96.3 cm³/mol. The Morgan fingerprint density at radius 1 is 1.25 bits per heavy atom. The fourth-order valence-electron chi connectivity index (χ4n) is 1.95. The normalized spacial score (nSPS) is 10.8. The fourth-order valence-corrected chi connectivity index (χ4v) is 2.25. The van der Waals surface area contributed by atoms with Gasteiger partial charge in [-0.25, -0.2) is 0 Å². The number of anilines is 1. The lowest BCUT2D eigenvalue weighted by molar-refractivity contribution is -0.112. The molecule has 0 saturated carbocycles. The molecule has 0 unspecified atom stereocenters. The summed E-state index contributed by atoms with van der Waals surface area (Å²) in [5, 5.41) is 12.7. The van der Waals surface area contributed by atoms with Crippen LogP contribution in [0.1, 0.15) is 12.5 Å². The number of rotatable bonds is 5. The second kappa shape index (κ2) is 8.39. The second-order valence-corrected chi connectivity index (χ2v) is 5.57. The number of nitrogens with one attached hydrogen (secondary N) is 1. The van der Waals surface area contributed by atoms with Crippen molar-refractivity contribution >= 4 is 40.9 Å². The van der Waals surface area contributed by atoms with Crippen LogP contribution in [0.2, 0.25) is 10.0 Å². The molecule has 2 rings (SSSR count). The van der Waals surface area contributed by atoms with Crippen molar-refractivity contribution in [2.24, 2.45) is 0 Å². The average Bonchev–Trinajstić information content (AvgIpc) is 2.56. The zero-order valence-corrected chi connectivity index (χ0v) is 14.4. The van der Waals surface area contributed by atoms with E-state index in [1.54, 1.807) is 42.5 Å². The van der Waals surface area contributed by atoms with Crippen LogP contribution >= 0.6 is 23.2 Å². The standard InChI is InChI=1S/C18H14Cl2N2O2/c1-2-24-15-5-3-4-14(10-15)22-18(23)13(11-21)8-12-6-7-16(19)17(20)9-12/h3-10H,2H2,1H3,(H,22,23)/b13-8+. The van der Waals surface area contributed by atoms with Gasteiger partial charge in [0.2, 0.25) is 0 Å². The molecule has 0 fully saturated rings. The van der Waals surface area contributed by atoms with Gasteiger partial charge >= 0.3 is 0 Å². The molecule has 2 aromatic rings. The lowest BCUT2D eigenvalue weighted by atomic mass is 10.1. The molecule has 122 valence electrons. The second-order valence-electron chi connectivity index (χ2n) is 4.76. The minimum absolute atomic E-state index is 0.0461. The van der Waals surface area contributed by atoms with Gasteiger partial charge in [0.25, 0.3) is 5.91 Å². The Bertz CT molecular complexity index is 826. The molecular formula is C18H14Cl2N2O2. The highest BCUT2D eigenvalue weighted by atomic mass is 35.5. The number of hydrogen-bond acceptors (Lipinski definition) is 3. The summed E-state index contributed by atoms with van der Waals surface area (Å²) in [6, 6.07) is 13.7. The number of carbonyl (C=O) groups is 1. The molecule has 0 bridgehead atoms. The third-order valence-corrected chi connectivity index (χ3v) is 3.76. The van der Waals surface area contributed by atoms with E-state index >= 15 is 0 Å². The Morgan fingerprint density at radius 2 is 2.04 bits per heavy atom. The van der Waals surface area contributed by atoms with Gasteiger partial charge in [0.15, 0.2) is 0 Å². The van der Waals surface area contributed by atoms with E-state index in [1.807, 2.05) is 13.0 Å². The van der Waals surface area contributed by atoms with E-state index in [2.05, 4.69) is 5.32 Å². The molecule has 0 aliphatic heterocycles. The van der Waals surface area contributed by atoms with E-state index in [9.17, 15) is 10.1 Å². The minimum Gasteiger partial charge on any atom is -0.494 e. The quantitative estimate of drug-likeness (QED) is 0.606. The highest BCUT2D eigenvalue weighted by Crippen LogP contribution is 2.24. The summed E-state index contributed by atoms with van der Waals surface area (Å²) in [6.45, 7) is 2.40. The molecule has 0 atom stereocenters. The monoisotopic (exact) mass is 360 g/mol. The Labute approximate surface area is 150 Å². The number of nitriles is 1. The Balaban J connectivity index is 2.19. The Hall–Kier alpha value is -2.48. The molecule has 4 nitrogen and oxygen atoms in total. The first-order valence-electron chi connectivity index (χ1n) is 7.14. The molecule has 0 heterocycles. The smallest absolute Gasteiger partial charge is 0.266 e. The Morgan fingerprint density at radius 3 is 2.71 bits per heavy atom. The van der Waals surface area contributed by atoms with E-state index in [1.165, 1.54) is 6.08 Å². The minimum atomic E-state index is -0.516. The van der Waals surface area contributed by atoms with Crippen LogP contribution in [0, 0.1) is 11.3 Å². The summed E-state index contributed by atoms with van der Waals surface area (Å²) in [7, 11) is 0. The summed E-state index contributed by atoms with van der Waals surface area (Å²) < 4.78 is 5.38. The number of benzene rings is 2. The summed E-state index contributed by atoms with van der Waals surface area (Å²) in [5.74, 6) is 0.125. The summed E-state index contributed by atoms with van der Waals surface area (Å²) in [4.78, 5) is 12.3. The maximum Gasteiger partial charge on any atom is 0.266 e. The summed E-state index contributed by atoms with van der Waals surface area (Å²) >= 11 is 11.8. The van der Waals surface area contributed by atoms with Crippen molar-refractivity contribution in [2.45, 2.75) is 6.92 Å². The lowest BCUT2D eigenvalue weighted by Crippen LogP contribution is -2.13. The Kier molecular flexibility index (Phi) is 6.25. The van der Waals surface area contributed by atoms with Crippen molar-refractivity contribution in [1.29, 1.82) is 5.26 Å². The van der Waals surface area contributed by atoms with Crippen LogP contribution < -0.4 is 10.1 Å². The topological polar surface area (TPSA) is 62.1 Å². The van der Waals surface area contributed by atoms with Crippen LogP contribution in [0.25, 0.3) is 6.08 Å². The predicted octanol–water partition coefficient (Wildman–Crippen LogP) is 4.94. The molecule has 0 aliphatic rings. The first-order chi connectivity index (χ1) is 11.5. The number of carbonyl (C=O) groups excluding carboxylic acids is 1. The molecule has 1 N–H and O–H groups in total. The number of nitrogens with zero attached hydrogens (tertiary/aromatic N) is 1. The van der Waals surface area contributed by atoms with Crippen molar-refractivity contribution in [3.63, 3.8) is 0 Å². The maximum absolute atomic E-state index is 12.3. The van der Waals surface area contributed by atoms with Crippen molar-refractivity contribution in [3.05, 3.63) is 63.6 Å². The molecule has 6 heteroatoms. The van der Waals surface area contributed by atoms with E-state index in [0.717, 1.165) is 0 Å². The third kappa shape index (κ3) is 4.76. The van der Waals surface area contributed by atoms with E-state index in [4.69, 9.17) is 27.9 Å². The van der Waals surface area contributed by atoms with Crippen molar-refractivity contribution in [2.75, 3.05) is 11.9 Å². The van der Waals surface area contributed by atoms with Gasteiger partial charge in [-0.1, -0.05) is 35.3 Å². The third-order valence-electron chi connectivity index (χ3n) is 3.02. The van der Waals surface area contributed by atoms with Crippen LogP contribution in [0.5, 0.6) is 5.75 Å². The van der Waals surface area contributed by atoms with Gasteiger partial charge in [-0.05, 0) is 42.8 Å². The van der Waals surface area contributed by atoms with Crippen LogP contribution in [0.3, 0.4) is 0 Å². The molecule has 0 radical (unpaired) electrons. The van der Waals surface area contributed by atoms with Crippen molar-refractivity contribution in [3.8, 4) is 11.8 Å². The molecule has 1 amide bonds. The zero-order valence-electron chi connectivity index (χ0n) is 12.8. The van der Waals surface area contributed by atoms with Crippen LogP contribution in [0.4, 0.5) is 5.69 Å². The number of halogens is 2. The lowest BCUT2D eigenvalue weighted by Gasteiger charge is -2.07. The largest absolute Gasteiger partial charge is 0.494 e. The fraction of sp³-hybridized carbons (Fsp3) is 0.111. The van der Waals surface area contributed by atoms with Crippen LogP contribution in [0.15, 0.2) is 48.0 Å². The summed E-state index contributed by atoms with van der Waals surface area (Å²) in [5.41, 5.74) is 1.11. The molecular weight excluding hydrogens is 347 g/mol. The SMILES string of the molecule is CCOc1cccc(NC(=O)/C(C#N)=C/c2ccc(Cl)c(Cl)c2)c1. The zero-order chi connectivity index (χ0) is 17.5. The summed E-state index contributed by atoms with van der Waals surface area (Å²) in [6.07, 6.45) is 1.45.